The van der Waals surface area contributed by atoms with Gasteiger partial charge in [0.2, 0.25) is 0 Å². The molecule has 19 heavy (non-hydrogen) atoms. The Kier molecular flexibility index (Phi) is 6.99. The van der Waals surface area contributed by atoms with Crippen LogP contribution in [0.4, 0.5) is 5.69 Å². The molecule has 1 aromatic carbocycles. The van der Waals surface area contributed by atoms with E-state index in [-0.39, 0.29) is 12.4 Å². The van der Waals surface area contributed by atoms with E-state index >= 15 is 0 Å². The zero-order chi connectivity index (χ0) is 12.8. The topological polar surface area (TPSA) is 41.7 Å². The van der Waals surface area contributed by atoms with Gasteiger partial charge >= 0.3 is 0 Å². The molecule has 1 aliphatic heterocycles. The van der Waals surface area contributed by atoms with Crippen LogP contribution < -0.4 is 15.4 Å². The fraction of sp³-hybridized carbons (Fsp3) is 0.571. The number of halogens is 1. The van der Waals surface area contributed by atoms with E-state index in [2.05, 4.69) is 21.9 Å². The van der Waals surface area contributed by atoms with Crippen LogP contribution in [0, 0.1) is 0 Å². The smallest absolute Gasteiger partial charge is 0.142 e. The Morgan fingerprint density at radius 1 is 1.16 bits per heavy atom. The van der Waals surface area contributed by atoms with Gasteiger partial charge in [0.25, 0.3) is 0 Å². The van der Waals surface area contributed by atoms with Gasteiger partial charge in [0.1, 0.15) is 5.75 Å². The van der Waals surface area contributed by atoms with Gasteiger partial charge in [-0.25, -0.2) is 0 Å². The fourth-order valence-electron chi connectivity index (χ4n) is 2.39. The van der Waals surface area contributed by atoms with Crippen molar-refractivity contribution in [2.75, 3.05) is 50.8 Å². The van der Waals surface area contributed by atoms with E-state index in [0.29, 0.717) is 6.61 Å². The van der Waals surface area contributed by atoms with E-state index in [0.717, 1.165) is 45.0 Å². The Bertz CT molecular complexity index is 367. The molecule has 1 fully saturated rings. The summed E-state index contributed by atoms with van der Waals surface area (Å²) >= 11 is 0. The van der Waals surface area contributed by atoms with Gasteiger partial charge in [0, 0.05) is 39.3 Å². The summed E-state index contributed by atoms with van der Waals surface area (Å²) in [5.74, 6) is 0.993. The lowest BCUT2D eigenvalue weighted by molar-refractivity contribution is 0.263. The average molecular weight is 286 g/mol. The SMILES string of the molecule is CCOc1ccccc1N1CCN(CCN)CC1.Cl. The molecule has 2 N–H and O–H groups in total. The standard InChI is InChI=1S/C14H23N3O.ClH/c1-2-18-14-6-4-3-5-13(14)17-11-9-16(8-7-15)10-12-17;/h3-6H,2,7-12,15H2,1H3;1H. The maximum atomic E-state index is 5.69. The number of benzene rings is 1. The highest BCUT2D eigenvalue weighted by Crippen LogP contribution is 2.28. The summed E-state index contributed by atoms with van der Waals surface area (Å²) < 4.78 is 5.69. The lowest BCUT2D eigenvalue weighted by Gasteiger charge is -2.36. The molecule has 1 aromatic rings. The van der Waals surface area contributed by atoms with Crippen LogP contribution in [0.25, 0.3) is 0 Å². The minimum Gasteiger partial charge on any atom is -0.492 e. The third-order valence-corrected chi connectivity index (χ3v) is 3.32. The molecule has 0 amide bonds. The van der Waals surface area contributed by atoms with E-state index in [9.17, 15) is 0 Å². The predicted octanol–water partition coefficient (Wildman–Crippen LogP) is 1.59. The maximum absolute atomic E-state index is 5.69. The van der Waals surface area contributed by atoms with Crippen LogP contribution in [0.2, 0.25) is 0 Å². The van der Waals surface area contributed by atoms with Crippen molar-refractivity contribution in [3.8, 4) is 5.75 Å². The number of para-hydroxylation sites is 2. The molecular weight excluding hydrogens is 262 g/mol. The van der Waals surface area contributed by atoms with Crippen molar-refractivity contribution >= 4 is 18.1 Å². The highest BCUT2D eigenvalue weighted by molar-refractivity contribution is 5.85. The second-order valence-electron chi connectivity index (χ2n) is 4.52. The van der Waals surface area contributed by atoms with Gasteiger partial charge in [-0.05, 0) is 19.1 Å². The van der Waals surface area contributed by atoms with Crippen molar-refractivity contribution in [1.29, 1.82) is 0 Å². The van der Waals surface area contributed by atoms with Crippen molar-refractivity contribution in [3.05, 3.63) is 24.3 Å². The zero-order valence-corrected chi connectivity index (χ0v) is 12.4. The molecule has 4 nitrogen and oxygen atoms in total. The van der Waals surface area contributed by atoms with Crippen molar-refractivity contribution in [1.82, 2.24) is 4.90 Å². The van der Waals surface area contributed by atoms with Crippen molar-refractivity contribution in [2.45, 2.75) is 6.92 Å². The molecule has 108 valence electrons. The third-order valence-electron chi connectivity index (χ3n) is 3.32. The average Bonchev–Trinajstić information content (AvgIpc) is 2.41. The number of rotatable bonds is 5. The zero-order valence-electron chi connectivity index (χ0n) is 11.5. The van der Waals surface area contributed by atoms with Crippen molar-refractivity contribution in [3.63, 3.8) is 0 Å². The van der Waals surface area contributed by atoms with Crippen LogP contribution in [-0.2, 0) is 0 Å². The Balaban J connectivity index is 0.00000180. The fourth-order valence-corrected chi connectivity index (χ4v) is 2.39. The summed E-state index contributed by atoms with van der Waals surface area (Å²) in [4.78, 5) is 4.82. The Morgan fingerprint density at radius 2 is 1.84 bits per heavy atom. The van der Waals surface area contributed by atoms with Crippen LogP contribution >= 0.6 is 12.4 Å². The lowest BCUT2D eigenvalue weighted by atomic mass is 10.2. The van der Waals surface area contributed by atoms with E-state index in [4.69, 9.17) is 10.5 Å². The summed E-state index contributed by atoms with van der Waals surface area (Å²) in [6, 6.07) is 8.29. The largest absolute Gasteiger partial charge is 0.492 e. The third kappa shape index (κ3) is 4.27. The molecule has 0 atom stereocenters. The Hall–Kier alpha value is -0.970. The molecule has 1 saturated heterocycles. The molecule has 1 heterocycles. The predicted molar refractivity (Wildman–Crippen MR) is 82.6 cm³/mol. The minimum absolute atomic E-state index is 0. The van der Waals surface area contributed by atoms with Gasteiger partial charge < -0.3 is 15.4 Å². The molecule has 0 aliphatic carbocycles. The molecular formula is C14H24ClN3O. The van der Waals surface area contributed by atoms with Crippen molar-refractivity contribution in [2.24, 2.45) is 5.73 Å². The molecule has 0 unspecified atom stereocenters. The highest BCUT2D eigenvalue weighted by atomic mass is 35.5. The van der Waals surface area contributed by atoms with Crippen LogP contribution in [0.5, 0.6) is 5.75 Å². The van der Waals surface area contributed by atoms with E-state index in [1.165, 1.54) is 5.69 Å². The molecule has 5 heteroatoms. The van der Waals surface area contributed by atoms with Gasteiger partial charge in [0.15, 0.2) is 0 Å². The van der Waals surface area contributed by atoms with Gasteiger partial charge in [-0.2, -0.15) is 0 Å². The van der Waals surface area contributed by atoms with Crippen molar-refractivity contribution < 1.29 is 4.74 Å². The summed E-state index contributed by atoms with van der Waals surface area (Å²) in [7, 11) is 0. The first kappa shape index (κ1) is 16.1. The normalized spacial score (nSPS) is 16.0. The van der Waals surface area contributed by atoms with Gasteiger partial charge in [-0.1, -0.05) is 12.1 Å². The Morgan fingerprint density at radius 3 is 2.47 bits per heavy atom. The number of nitrogens with zero attached hydrogens (tertiary/aromatic N) is 2. The number of anilines is 1. The minimum atomic E-state index is 0. The quantitative estimate of drug-likeness (QED) is 0.892. The van der Waals surface area contributed by atoms with E-state index < -0.39 is 0 Å². The van der Waals surface area contributed by atoms with Crippen LogP contribution in [-0.4, -0.2) is 50.8 Å². The highest BCUT2D eigenvalue weighted by Gasteiger charge is 2.18. The summed E-state index contributed by atoms with van der Waals surface area (Å²) in [6.07, 6.45) is 0. The van der Waals surface area contributed by atoms with Crippen LogP contribution in [0.15, 0.2) is 24.3 Å². The Labute approximate surface area is 121 Å². The second-order valence-corrected chi connectivity index (χ2v) is 4.52. The number of hydrogen-bond acceptors (Lipinski definition) is 4. The lowest BCUT2D eigenvalue weighted by Crippen LogP contribution is -2.47. The summed E-state index contributed by atoms with van der Waals surface area (Å²) in [5, 5.41) is 0. The van der Waals surface area contributed by atoms with Gasteiger partial charge in [0.05, 0.1) is 12.3 Å². The first-order chi connectivity index (χ1) is 8.85. The molecule has 0 saturated carbocycles. The second kappa shape index (κ2) is 8.25. The molecule has 0 spiro atoms. The first-order valence-electron chi connectivity index (χ1n) is 6.74. The molecule has 0 radical (unpaired) electrons. The molecule has 2 rings (SSSR count). The van der Waals surface area contributed by atoms with Crippen LogP contribution in [0.3, 0.4) is 0 Å². The molecule has 0 aromatic heterocycles. The number of piperazine rings is 1. The van der Waals surface area contributed by atoms with E-state index in [1.807, 2.05) is 19.1 Å². The monoisotopic (exact) mass is 285 g/mol. The summed E-state index contributed by atoms with van der Waals surface area (Å²) in [6.45, 7) is 8.74. The van der Waals surface area contributed by atoms with Gasteiger partial charge in [-0.15, -0.1) is 12.4 Å². The van der Waals surface area contributed by atoms with Gasteiger partial charge in [-0.3, -0.25) is 4.90 Å². The summed E-state index contributed by atoms with van der Waals surface area (Å²) in [5.41, 5.74) is 6.81. The van der Waals surface area contributed by atoms with Crippen LogP contribution in [0.1, 0.15) is 6.92 Å². The number of hydrogen-bond donors (Lipinski definition) is 1. The van der Waals surface area contributed by atoms with E-state index in [1.54, 1.807) is 0 Å². The first-order valence-corrected chi connectivity index (χ1v) is 6.74. The number of ether oxygens (including phenoxy) is 1. The maximum Gasteiger partial charge on any atom is 0.142 e. The molecule has 1 aliphatic rings. The number of nitrogens with two attached hydrogens (primary N) is 1. The molecule has 0 bridgehead atoms.